The summed E-state index contributed by atoms with van der Waals surface area (Å²) in [5, 5.41) is 37.2. The molecule has 5 N–H and O–H groups in total. The van der Waals surface area contributed by atoms with Crippen molar-refractivity contribution in [2.24, 2.45) is 11.8 Å². The summed E-state index contributed by atoms with van der Waals surface area (Å²) in [5.41, 5.74) is 1.80. The Hall–Kier alpha value is -3.73. The van der Waals surface area contributed by atoms with Gasteiger partial charge in [0.15, 0.2) is 0 Å². The van der Waals surface area contributed by atoms with Crippen LogP contribution in [0.2, 0.25) is 0 Å². The van der Waals surface area contributed by atoms with Crippen molar-refractivity contribution in [1.29, 1.82) is 0 Å². The molecule has 0 amide bonds. The van der Waals surface area contributed by atoms with Crippen LogP contribution in [0.25, 0.3) is 10.9 Å². The standard InChI is InChI=1S/C41H51N3O6/c1-28(42-25-37(46)34-15-17-36(45)40-35(34)16-18-39(47)43-40)29-11-13-33(14-12-29)49-24-23-44-21-19-30(20-22-44)38(26-44)50-27-41(48,32-9-5-6-10-32)31-7-3-2-4-8-31/h2-4,7-8,11-18,28,30,32,37-38,42,46,48H,5-6,9-10,19-27H2,1H3,(H-,43,45,47)/p+1/t28-,30?,37-,38-,41+,44?/m0/s1. The zero-order chi connectivity index (χ0) is 34.7. The number of rotatable bonds is 14. The van der Waals surface area contributed by atoms with Gasteiger partial charge in [-0.25, -0.2) is 0 Å². The number of phenols is 1. The average Bonchev–Trinajstić information content (AvgIpc) is 3.70. The first kappa shape index (κ1) is 34.7. The molecule has 1 saturated carbocycles. The van der Waals surface area contributed by atoms with Gasteiger partial charge in [-0.15, -0.1) is 0 Å². The molecule has 3 saturated heterocycles. The molecule has 0 radical (unpaired) electrons. The van der Waals surface area contributed by atoms with Crippen LogP contribution in [0.15, 0.2) is 83.7 Å². The summed E-state index contributed by atoms with van der Waals surface area (Å²) in [6.07, 6.45) is 6.14. The molecular weight excluding hydrogens is 630 g/mol. The SMILES string of the molecule is C[C@H](NC[C@H](O)c1ccc(O)c2[nH]c(=O)ccc12)c1ccc(OCC[N+]23CCC(CC2)[C@@H](OC[C@@](O)(c2ccccc2)C2CCCC2)C3)cc1. The second-order valence-electron chi connectivity index (χ2n) is 15.0. The Morgan fingerprint density at radius 3 is 2.44 bits per heavy atom. The van der Waals surface area contributed by atoms with E-state index < -0.39 is 11.7 Å². The number of hydrogen-bond donors (Lipinski definition) is 5. The number of H-pyrrole nitrogens is 1. The van der Waals surface area contributed by atoms with Gasteiger partial charge in [-0.2, -0.15) is 0 Å². The van der Waals surface area contributed by atoms with Crippen LogP contribution in [-0.2, 0) is 10.3 Å². The summed E-state index contributed by atoms with van der Waals surface area (Å²) in [5.74, 6) is 1.63. The highest BCUT2D eigenvalue weighted by atomic mass is 16.5. The first-order chi connectivity index (χ1) is 24.2. The molecule has 4 heterocycles. The number of ether oxygens (including phenoxy) is 2. The monoisotopic (exact) mass is 682 g/mol. The fourth-order valence-electron chi connectivity index (χ4n) is 8.80. The number of nitrogens with zero attached hydrogens (tertiary/aromatic N) is 1. The summed E-state index contributed by atoms with van der Waals surface area (Å²) in [6, 6.07) is 24.5. The van der Waals surface area contributed by atoms with Gasteiger partial charge in [0.05, 0.1) is 31.3 Å². The van der Waals surface area contributed by atoms with Gasteiger partial charge in [0.2, 0.25) is 5.56 Å². The van der Waals surface area contributed by atoms with E-state index >= 15 is 0 Å². The maximum atomic E-state index is 12.0. The quantitative estimate of drug-likeness (QED) is 0.108. The summed E-state index contributed by atoms with van der Waals surface area (Å²) in [6.45, 7) is 7.60. The van der Waals surface area contributed by atoms with E-state index in [4.69, 9.17) is 9.47 Å². The van der Waals surface area contributed by atoms with Gasteiger partial charge >= 0.3 is 0 Å². The highest BCUT2D eigenvalue weighted by molar-refractivity contribution is 5.87. The number of aromatic nitrogens is 1. The number of quaternary nitrogens is 1. The smallest absolute Gasteiger partial charge is 0.248 e. The van der Waals surface area contributed by atoms with Crippen LogP contribution < -0.4 is 15.6 Å². The number of fused-ring (bicyclic) bond motifs is 4. The molecule has 4 aliphatic rings. The van der Waals surface area contributed by atoms with Crippen LogP contribution in [0.1, 0.15) is 74.3 Å². The lowest BCUT2D eigenvalue weighted by atomic mass is 9.80. The second kappa shape index (κ2) is 14.9. The minimum atomic E-state index is -0.930. The predicted molar refractivity (Wildman–Crippen MR) is 194 cm³/mol. The number of hydrogen-bond acceptors (Lipinski definition) is 7. The molecule has 8 rings (SSSR count). The number of aliphatic hydroxyl groups excluding tert-OH is 1. The van der Waals surface area contributed by atoms with Crippen molar-refractivity contribution in [1.82, 2.24) is 10.3 Å². The third kappa shape index (κ3) is 7.34. The van der Waals surface area contributed by atoms with E-state index in [2.05, 4.69) is 41.5 Å². The van der Waals surface area contributed by atoms with Crippen LogP contribution >= 0.6 is 0 Å². The Kier molecular flexibility index (Phi) is 10.3. The number of phenolic OH excluding ortho intramolecular Hbond substituents is 1. The molecule has 3 aliphatic heterocycles. The topological polar surface area (TPSA) is 124 Å². The Bertz CT molecular complexity index is 1780. The number of nitrogens with one attached hydrogen (secondary N) is 2. The molecule has 50 heavy (non-hydrogen) atoms. The lowest BCUT2D eigenvalue weighted by Crippen LogP contribution is -2.65. The van der Waals surface area contributed by atoms with Crippen LogP contribution in [-0.4, -0.2) is 76.8 Å². The molecule has 1 aliphatic carbocycles. The highest BCUT2D eigenvalue weighted by Gasteiger charge is 2.48. The molecule has 4 aromatic rings. The molecule has 9 nitrogen and oxygen atoms in total. The van der Waals surface area contributed by atoms with Crippen molar-refractivity contribution in [3.05, 3.63) is 106 Å². The van der Waals surface area contributed by atoms with Crippen molar-refractivity contribution in [2.45, 2.75) is 69.3 Å². The number of aliphatic hydroxyl groups is 2. The molecule has 0 unspecified atom stereocenters. The molecule has 2 bridgehead atoms. The van der Waals surface area contributed by atoms with Crippen LogP contribution in [0.4, 0.5) is 0 Å². The molecule has 266 valence electrons. The minimum Gasteiger partial charge on any atom is -0.506 e. The summed E-state index contributed by atoms with van der Waals surface area (Å²) in [7, 11) is 0. The highest BCUT2D eigenvalue weighted by Crippen LogP contribution is 2.42. The van der Waals surface area contributed by atoms with E-state index in [1.165, 1.54) is 25.0 Å². The molecule has 4 fully saturated rings. The van der Waals surface area contributed by atoms with E-state index in [0.29, 0.717) is 42.1 Å². The van der Waals surface area contributed by atoms with Gasteiger partial charge < -0.3 is 39.6 Å². The summed E-state index contributed by atoms with van der Waals surface area (Å²) < 4.78 is 14.0. The fraction of sp³-hybridized carbons (Fsp3) is 0.488. The van der Waals surface area contributed by atoms with Crippen molar-refractivity contribution in [3.8, 4) is 11.5 Å². The fourth-order valence-corrected chi connectivity index (χ4v) is 8.80. The maximum Gasteiger partial charge on any atom is 0.248 e. The molecule has 9 heteroatoms. The van der Waals surface area contributed by atoms with E-state index in [-0.39, 0.29) is 29.4 Å². The first-order valence-electron chi connectivity index (χ1n) is 18.5. The van der Waals surface area contributed by atoms with E-state index in [0.717, 1.165) is 73.2 Å². The number of aromatic hydroxyl groups is 1. The van der Waals surface area contributed by atoms with Crippen LogP contribution in [0.5, 0.6) is 11.5 Å². The van der Waals surface area contributed by atoms with Crippen molar-refractivity contribution in [3.63, 3.8) is 0 Å². The van der Waals surface area contributed by atoms with E-state index in [1.807, 2.05) is 30.3 Å². The van der Waals surface area contributed by atoms with E-state index in [1.54, 1.807) is 12.1 Å². The second-order valence-corrected chi connectivity index (χ2v) is 15.0. The van der Waals surface area contributed by atoms with Crippen LogP contribution in [0.3, 0.4) is 0 Å². The number of piperidine rings is 3. The zero-order valence-electron chi connectivity index (χ0n) is 29.1. The molecular formula is C41H52N3O6+. The van der Waals surface area contributed by atoms with Gasteiger partial charge in [-0.05, 0) is 66.6 Å². The van der Waals surface area contributed by atoms with Crippen LogP contribution in [0, 0.1) is 11.8 Å². The third-order valence-electron chi connectivity index (χ3n) is 12.0. The van der Waals surface area contributed by atoms with Crippen molar-refractivity contribution >= 4 is 10.9 Å². The van der Waals surface area contributed by atoms with Gasteiger partial charge in [0, 0.05) is 42.8 Å². The Balaban J connectivity index is 0.902. The number of pyridine rings is 1. The Morgan fingerprint density at radius 2 is 1.70 bits per heavy atom. The Morgan fingerprint density at radius 1 is 0.960 bits per heavy atom. The normalized spacial score (nSPS) is 24.6. The van der Waals surface area contributed by atoms with Gasteiger partial charge in [0.25, 0.3) is 0 Å². The van der Waals surface area contributed by atoms with E-state index in [9.17, 15) is 20.1 Å². The largest absolute Gasteiger partial charge is 0.506 e. The molecule has 0 spiro atoms. The van der Waals surface area contributed by atoms with Gasteiger partial charge in [0.1, 0.15) is 42.9 Å². The molecule has 3 aromatic carbocycles. The first-order valence-corrected chi connectivity index (χ1v) is 18.5. The molecule has 1 aromatic heterocycles. The van der Waals surface area contributed by atoms with Gasteiger partial charge in [-0.1, -0.05) is 61.4 Å². The number of benzene rings is 3. The van der Waals surface area contributed by atoms with Crippen molar-refractivity contribution in [2.75, 3.05) is 45.9 Å². The maximum absolute atomic E-state index is 12.0. The lowest BCUT2D eigenvalue weighted by Gasteiger charge is -2.52. The summed E-state index contributed by atoms with van der Waals surface area (Å²) >= 11 is 0. The minimum absolute atomic E-state index is 0.0139. The lowest BCUT2D eigenvalue weighted by molar-refractivity contribution is -0.946. The summed E-state index contributed by atoms with van der Waals surface area (Å²) in [4.78, 5) is 14.4. The zero-order valence-corrected chi connectivity index (χ0v) is 29.1. The number of aromatic amines is 1. The molecule has 4 atom stereocenters. The third-order valence-corrected chi connectivity index (χ3v) is 12.0. The average molecular weight is 683 g/mol. The van der Waals surface area contributed by atoms with Crippen molar-refractivity contribution < 1.29 is 29.3 Å². The Labute approximate surface area is 294 Å². The van der Waals surface area contributed by atoms with Gasteiger partial charge in [-0.3, -0.25) is 4.79 Å². The predicted octanol–water partition coefficient (Wildman–Crippen LogP) is 5.70.